The second-order valence-electron chi connectivity index (χ2n) is 4.31. The number of benzene rings is 1. The van der Waals surface area contributed by atoms with E-state index >= 15 is 0 Å². The van der Waals surface area contributed by atoms with Gasteiger partial charge in [0.15, 0.2) is 5.78 Å². The van der Waals surface area contributed by atoms with E-state index in [4.69, 9.17) is 0 Å². The lowest BCUT2D eigenvalue weighted by Gasteiger charge is -2.10. The average molecular weight is 299 g/mol. The van der Waals surface area contributed by atoms with E-state index in [9.17, 15) is 27.2 Å². The van der Waals surface area contributed by atoms with E-state index in [1.54, 1.807) is 0 Å². The maximum atomic E-state index is 12.7. The summed E-state index contributed by atoms with van der Waals surface area (Å²) < 4.78 is 51.1. The molecule has 110 valence electrons. The maximum absolute atomic E-state index is 12.7. The number of hydrogen-bond acceptors (Lipinski definition) is 2. The van der Waals surface area contributed by atoms with Crippen molar-refractivity contribution in [2.45, 2.75) is 12.7 Å². The SMILES string of the molecule is O=C(Cn1cc(C(F)(F)F)ccc1=O)c1ccc(F)cc1. The minimum Gasteiger partial charge on any atom is -0.307 e. The number of pyridine rings is 1. The van der Waals surface area contributed by atoms with Crippen molar-refractivity contribution in [3.63, 3.8) is 0 Å². The zero-order valence-corrected chi connectivity index (χ0v) is 10.5. The zero-order valence-electron chi connectivity index (χ0n) is 10.5. The van der Waals surface area contributed by atoms with Gasteiger partial charge >= 0.3 is 6.18 Å². The van der Waals surface area contributed by atoms with Crippen LogP contribution in [0.25, 0.3) is 0 Å². The highest BCUT2D eigenvalue weighted by molar-refractivity contribution is 5.95. The van der Waals surface area contributed by atoms with Crippen LogP contribution in [0.2, 0.25) is 0 Å². The molecule has 0 unspecified atom stereocenters. The lowest BCUT2D eigenvalue weighted by Crippen LogP contribution is -2.25. The fourth-order valence-corrected chi connectivity index (χ4v) is 1.70. The number of carbonyl (C=O) groups is 1. The summed E-state index contributed by atoms with van der Waals surface area (Å²) in [5.41, 5.74) is -1.63. The van der Waals surface area contributed by atoms with Crippen molar-refractivity contribution in [2.24, 2.45) is 0 Å². The standard InChI is InChI=1S/C14H9F4NO2/c15-11-4-1-9(2-5-11)12(20)8-19-7-10(14(16,17)18)3-6-13(19)21/h1-7H,8H2. The van der Waals surface area contributed by atoms with Gasteiger partial charge in [0.25, 0.3) is 5.56 Å². The minimum atomic E-state index is -4.60. The fourth-order valence-electron chi connectivity index (χ4n) is 1.70. The number of Topliss-reactive ketones (excluding diaryl/α,β-unsaturated/α-hetero) is 1. The highest BCUT2D eigenvalue weighted by Crippen LogP contribution is 2.28. The summed E-state index contributed by atoms with van der Waals surface area (Å²) >= 11 is 0. The molecule has 0 spiro atoms. The van der Waals surface area contributed by atoms with Gasteiger partial charge in [0.05, 0.1) is 12.1 Å². The van der Waals surface area contributed by atoms with Crippen LogP contribution in [0.5, 0.6) is 0 Å². The van der Waals surface area contributed by atoms with Crippen LogP contribution in [0.4, 0.5) is 17.6 Å². The molecular weight excluding hydrogens is 290 g/mol. The Balaban J connectivity index is 2.29. The van der Waals surface area contributed by atoms with Crippen LogP contribution in [0.1, 0.15) is 15.9 Å². The third kappa shape index (κ3) is 3.56. The Kier molecular flexibility index (Phi) is 3.93. The molecule has 0 radical (unpaired) electrons. The molecule has 0 bridgehead atoms. The van der Waals surface area contributed by atoms with Crippen LogP contribution in [0.3, 0.4) is 0 Å². The summed E-state index contributed by atoms with van der Waals surface area (Å²) in [6.07, 6.45) is -4.02. The number of aromatic nitrogens is 1. The number of alkyl halides is 3. The smallest absolute Gasteiger partial charge is 0.307 e. The van der Waals surface area contributed by atoms with Crippen molar-refractivity contribution in [1.29, 1.82) is 0 Å². The van der Waals surface area contributed by atoms with Gasteiger partial charge in [0.1, 0.15) is 5.82 Å². The third-order valence-corrected chi connectivity index (χ3v) is 2.79. The first-order valence-corrected chi connectivity index (χ1v) is 5.84. The molecule has 1 aromatic carbocycles. The minimum absolute atomic E-state index is 0.112. The van der Waals surface area contributed by atoms with Crippen LogP contribution < -0.4 is 5.56 Å². The monoisotopic (exact) mass is 299 g/mol. The number of rotatable bonds is 3. The molecule has 0 atom stereocenters. The van der Waals surface area contributed by atoms with Gasteiger partial charge in [-0.3, -0.25) is 9.59 Å². The number of carbonyl (C=O) groups excluding carboxylic acids is 1. The van der Waals surface area contributed by atoms with Crippen molar-refractivity contribution < 1.29 is 22.4 Å². The van der Waals surface area contributed by atoms with Crippen molar-refractivity contribution in [2.75, 3.05) is 0 Å². The van der Waals surface area contributed by atoms with Gasteiger partial charge in [-0.25, -0.2) is 4.39 Å². The molecule has 7 heteroatoms. The first kappa shape index (κ1) is 15.0. The normalized spacial score (nSPS) is 11.4. The summed E-state index contributed by atoms with van der Waals surface area (Å²) in [5.74, 6) is -1.13. The van der Waals surface area contributed by atoms with Crippen LogP contribution >= 0.6 is 0 Å². The van der Waals surface area contributed by atoms with Gasteiger partial charge < -0.3 is 4.57 Å². The number of ketones is 1. The summed E-state index contributed by atoms with van der Waals surface area (Å²) in [5, 5.41) is 0. The third-order valence-electron chi connectivity index (χ3n) is 2.79. The summed E-state index contributed by atoms with van der Waals surface area (Å²) in [6, 6.07) is 5.93. The highest BCUT2D eigenvalue weighted by Gasteiger charge is 2.31. The molecule has 0 aliphatic rings. The predicted octanol–water partition coefficient (Wildman–Crippen LogP) is 2.89. The second kappa shape index (κ2) is 5.51. The van der Waals surface area contributed by atoms with Gasteiger partial charge in [0, 0.05) is 17.8 Å². The Bertz CT molecular complexity index is 717. The van der Waals surface area contributed by atoms with E-state index < -0.39 is 35.4 Å². The molecule has 1 heterocycles. The molecule has 21 heavy (non-hydrogen) atoms. The van der Waals surface area contributed by atoms with Crippen LogP contribution in [-0.4, -0.2) is 10.4 Å². The van der Waals surface area contributed by atoms with Gasteiger partial charge in [0.2, 0.25) is 0 Å². The fraction of sp³-hybridized carbons (Fsp3) is 0.143. The molecule has 0 fully saturated rings. The predicted molar refractivity (Wildman–Crippen MR) is 66.4 cm³/mol. The largest absolute Gasteiger partial charge is 0.417 e. The lowest BCUT2D eigenvalue weighted by molar-refractivity contribution is -0.138. The molecule has 0 saturated heterocycles. The van der Waals surface area contributed by atoms with Gasteiger partial charge in [-0.15, -0.1) is 0 Å². The summed E-state index contributed by atoms with van der Waals surface area (Å²) in [6.45, 7) is -0.547. The summed E-state index contributed by atoms with van der Waals surface area (Å²) in [4.78, 5) is 23.4. The van der Waals surface area contributed by atoms with Crippen molar-refractivity contribution in [3.05, 3.63) is 69.9 Å². The van der Waals surface area contributed by atoms with Crippen LogP contribution in [-0.2, 0) is 12.7 Å². The van der Waals surface area contributed by atoms with Crippen LogP contribution in [0, 0.1) is 5.82 Å². The number of hydrogen-bond donors (Lipinski definition) is 0. The molecule has 0 aliphatic heterocycles. The van der Waals surface area contributed by atoms with Gasteiger partial charge in [-0.2, -0.15) is 13.2 Å². The Morgan fingerprint density at radius 1 is 1.05 bits per heavy atom. The van der Waals surface area contributed by atoms with E-state index in [0.717, 1.165) is 18.2 Å². The Labute approximate surface area is 116 Å². The lowest BCUT2D eigenvalue weighted by atomic mass is 10.1. The zero-order chi connectivity index (χ0) is 15.6. The first-order chi connectivity index (χ1) is 9.77. The molecular formula is C14H9F4NO2. The second-order valence-corrected chi connectivity index (χ2v) is 4.31. The Hall–Kier alpha value is -2.44. The molecule has 1 aromatic heterocycles. The molecule has 2 aromatic rings. The van der Waals surface area contributed by atoms with E-state index in [0.29, 0.717) is 16.8 Å². The molecule has 2 rings (SSSR count). The van der Waals surface area contributed by atoms with Crippen molar-refractivity contribution in [3.8, 4) is 0 Å². The van der Waals surface area contributed by atoms with Crippen LogP contribution in [0.15, 0.2) is 47.4 Å². The number of nitrogens with zero attached hydrogens (tertiary/aromatic N) is 1. The van der Waals surface area contributed by atoms with E-state index in [-0.39, 0.29) is 5.56 Å². The average Bonchev–Trinajstić information content (AvgIpc) is 2.40. The molecule has 0 amide bonds. The van der Waals surface area contributed by atoms with Gasteiger partial charge in [-0.05, 0) is 30.3 Å². The molecule has 0 aliphatic carbocycles. The molecule has 3 nitrogen and oxygen atoms in total. The first-order valence-electron chi connectivity index (χ1n) is 5.84. The maximum Gasteiger partial charge on any atom is 0.417 e. The van der Waals surface area contributed by atoms with Crippen molar-refractivity contribution >= 4 is 5.78 Å². The highest BCUT2D eigenvalue weighted by atomic mass is 19.4. The topological polar surface area (TPSA) is 39.1 Å². The number of halogens is 4. The van der Waals surface area contributed by atoms with E-state index in [1.165, 1.54) is 12.1 Å². The molecule has 0 N–H and O–H groups in total. The summed E-state index contributed by atoms with van der Waals surface area (Å²) in [7, 11) is 0. The molecule has 0 saturated carbocycles. The van der Waals surface area contributed by atoms with Gasteiger partial charge in [-0.1, -0.05) is 0 Å². The van der Waals surface area contributed by atoms with E-state index in [2.05, 4.69) is 0 Å². The van der Waals surface area contributed by atoms with Crippen molar-refractivity contribution in [1.82, 2.24) is 4.57 Å². The Morgan fingerprint density at radius 3 is 2.24 bits per heavy atom. The quantitative estimate of drug-likeness (QED) is 0.646. The Morgan fingerprint density at radius 2 is 1.67 bits per heavy atom. The van der Waals surface area contributed by atoms with E-state index in [1.807, 2.05) is 0 Å².